The minimum atomic E-state index is -3.75. The molecule has 0 saturated carbocycles. The van der Waals surface area contributed by atoms with Gasteiger partial charge >= 0.3 is 0 Å². The quantitative estimate of drug-likeness (QED) is 0.739. The summed E-state index contributed by atoms with van der Waals surface area (Å²) in [6.45, 7) is 2.70. The van der Waals surface area contributed by atoms with Crippen molar-refractivity contribution in [2.75, 3.05) is 39.4 Å². The average molecular weight is 434 g/mol. The van der Waals surface area contributed by atoms with Gasteiger partial charge in [0.25, 0.3) is 5.91 Å². The van der Waals surface area contributed by atoms with Gasteiger partial charge in [-0.05, 0) is 49.2 Å². The fourth-order valence-electron chi connectivity index (χ4n) is 4.00. The van der Waals surface area contributed by atoms with Crippen LogP contribution in [0.1, 0.15) is 34.8 Å². The highest BCUT2D eigenvalue weighted by atomic mass is 32.2. The molecule has 30 heavy (non-hydrogen) atoms. The molecule has 2 aliphatic heterocycles. The molecule has 1 amide bonds. The third kappa shape index (κ3) is 4.23. The second-order valence-electron chi connectivity index (χ2n) is 7.50. The zero-order chi connectivity index (χ0) is 21.1. The summed E-state index contributed by atoms with van der Waals surface area (Å²) in [5.41, 5.74) is 1.15. The van der Waals surface area contributed by atoms with Crippen LogP contribution in [0, 0.1) is 5.82 Å². The predicted molar refractivity (Wildman–Crippen MR) is 108 cm³/mol. The Bertz CT molecular complexity index is 1010. The van der Waals surface area contributed by atoms with E-state index in [1.807, 2.05) is 0 Å². The lowest BCUT2D eigenvalue weighted by Crippen LogP contribution is -2.42. The van der Waals surface area contributed by atoms with Gasteiger partial charge in [0.2, 0.25) is 10.0 Å². The number of carbonyl (C=O) groups excluding carboxylic acids is 1. The van der Waals surface area contributed by atoms with Gasteiger partial charge < -0.3 is 9.64 Å². The van der Waals surface area contributed by atoms with Crippen molar-refractivity contribution in [3.05, 3.63) is 59.7 Å². The van der Waals surface area contributed by atoms with Crippen molar-refractivity contribution in [1.29, 1.82) is 0 Å². The van der Waals surface area contributed by atoms with Gasteiger partial charge in [-0.25, -0.2) is 12.8 Å². The Morgan fingerprint density at radius 1 is 1.10 bits per heavy atom. The Morgan fingerprint density at radius 3 is 2.57 bits per heavy atom. The first-order valence-corrected chi connectivity index (χ1v) is 11.5. The topological polar surface area (TPSA) is 79.8 Å². The van der Waals surface area contributed by atoms with Crippen molar-refractivity contribution in [3.8, 4) is 0 Å². The number of amides is 1. The molecule has 1 aromatic carbocycles. The first kappa shape index (κ1) is 20.9. The summed E-state index contributed by atoms with van der Waals surface area (Å²) in [6, 6.07) is 8.34. The molecule has 4 rings (SSSR count). The molecule has 0 N–H and O–H groups in total. The van der Waals surface area contributed by atoms with E-state index >= 15 is 0 Å². The monoisotopic (exact) mass is 433 g/mol. The van der Waals surface area contributed by atoms with Crippen molar-refractivity contribution in [2.24, 2.45) is 0 Å². The zero-order valence-corrected chi connectivity index (χ0v) is 17.4. The molecule has 7 nitrogen and oxygen atoms in total. The maximum absolute atomic E-state index is 13.2. The summed E-state index contributed by atoms with van der Waals surface area (Å²) in [5, 5.41) is 0. The van der Waals surface area contributed by atoms with Crippen molar-refractivity contribution in [1.82, 2.24) is 14.2 Å². The molecule has 2 fully saturated rings. The molecule has 2 saturated heterocycles. The molecule has 0 aliphatic carbocycles. The van der Waals surface area contributed by atoms with E-state index < -0.39 is 15.8 Å². The SMILES string of the molecule is O=C(c1cccnc1[C@H]1CCCN(S(=O)(=O)c2ccc(F)cc2)C1)N1CCOCC1. The number of hydrogen-bond acceptors (Lipinski definition) is 5. The highest BCUT2D eigenvalue weighted by Crippen LogP contribution is 2.31. The summed E-state index contributed by atoms with van der Waals surface area (Å²) < 4.78 is 46.0. The number of ether oxygens (including phenoxy) is 1. The van der Waals surface area contributed by atoms with Crippen LogP contribution in [0.2, 0.25) is 0 Å². The van der Waals surface area contributed by atoms with Crippen molar-refractivity contribution in [3.63, 3.8) is 0 Å². The van der Waals surface area contributed by atoms with Gasteiger partial charge in [0.15, 0.2) is 0 Å². The number of morpholine rings is 1. The third-order valence-electron chi connectivity index (χ3n) is 5.59. The number of pyridine rings is 1. The number of sulfonamides is 1. The Kier molecular flexibility index (Phi) is 6.12. The Hall–Kier alpha value is -2.36. The summed E-state index contributed by atoms with van der Waals surface area (Å²) in [7, 11) is -3.75. The van der Waals surface area contributed by atoms with Crippen LogP contribution in [0.4, 0.5) is 4.39 Å². The van der Waals surface area contributed by atoms with Crippen LogP contribution in [0.25, 0.3) is 0 Å². The molecular formula is C21H24FN3O4S. The van der Waals surface area contributed by atoms with E-state index in [-0.39, 0.29) is 23.3 Å². The minimum Gasteiger partial charge on any atom is -0.378 e. The first-order chi connectivity index (χ1) is 14.5. The van der Waals surface area contributed by atoms with E-state index in [1.165, 1.54) is 16.4 Å². The minimum absolute atomic E-state index is 0.0650. The smallest absolute Gasteiger partial charge is 0.255 e. The van der Waals surface area contributed by atoms with Crippen LogP contribution in [-0.4, -0.2) is 67.9 Å². The number of halogens is 1. The van der Waals surface area contributed by atoms with Crippen LogP contribution in [0.15, 0.2) is 47.5 Å². The molecule has 9 heteroatoms. The second-order valence-corrected chi connectivity index (χ2v) is 9.43. The highest BCUT2D eigenvalue weighted by Gasteiger charge is 2.33. The van der Waals surface area contributed by atoms with Gasteiger partial charge in [0.1, 0.15) is 5.82 Å². The van der Waals surface area contributed by atoms with E-state index in [4.69, 9.17) is 4.74 Å². The standard InChI is InChI=1S/C21H24FN3O4S/c22-17-5-7-18(8-6-17)30(27,28)25-10-2-3-16(15-25)20-19(4-1-9-23-20)21(26)24-11-13-29-14-12-24/h1,4-9,16H,2-3,10-15H2/t16-/m0/s1. The number of benzene rings is 1. The van der Waals surface area contributed by atoms with Gasteiger partial charge in [0, 0.05) is 38.3 Å². The van der Waals surface area contributed by atoms with Gasteiger partial charge in [-0.2, -0.15) is 4.31 Å². The van der Waals surface area contributed by atoms with E-state index in [1.54, 1.807) is 23.2 Å². The van der Waals surface area contributed by atoms with E-state index in [0.29, 0.717) is 50.5 Å². The predicted octanol–water partition coefficient (Wildman–Crippen LogP) is 2.26. The Labute approximate surface area is 175 Å². The summed E-state index contributed by atoms with van der Waals surface area (Å²) in [5.74, 6) is -0.764. The third-order valence-corrected chi connectivity index (χ3v) is 7.47. The van der Waals surface area contributed by atoms with Crippen LogP contribution >= 0.6 is 0 Å². The van der Waals surface area contributed by atoms with Crippen molar-refractivity contribution in [2.45, 2.75) is 23.7 Å². The van der Waals surface area contributed by atoms with Gasteiger partial charge in [-0.1, -0.05) is 0 Å². The molecule has 0 unspecified atom stereocenters. The molecule has 1 aromatic heterocycles. The van der Waals surface area contributed by atoms with Gasteiger partial charge in [-0.3, -0.25) is 9.78 Å². The van der Waals surface area contributed by atoms with Crippen molar-refractivity contribution >= 4 is 15.9 Å². The maximum Gasteiger partial charge on any atom is 0.255 e. The lowest BCUT2D eigenvalue weighted by Gasteiger charge is -2.33. The van der Waals surface area contributed by atoms with Crippen LogP contribution in [0.3, 0.4) is 0 Å². The highest BCUT2D eigenvalue weighted by molar-refractivity contribution is 7.89. The molecule has 160 valence electrons. The lowest BCUT2D eigenvalue weighted by atomic mass is 9.92. The Morgan fingerprint density at radius 2 is 1.83 bits per heavy atom. The number of rotatable bonds is 4. The number of piperidine rings is 1. The fourth-order valence-corrected chi connectivity index (χ4v) is 5.52. The maximum atomic E-state index is 13.2. The summed E-state index contributed by atoms with van der Waals surface area (Å²) in [4.78, 5) is 19.3. The van der Waals surface area contributed by atoms with E-state index in [2.05, 4.69) is 4.98 Å². The fraction of sp³-hybridized carbons (Fsp3) is 0.429. The van der Waals surface area contributed by atoms with Gasteiger partial charge in [-0.15, -0.1) is 0 Å². The largest absolute Gasteiger partial charge is 0.378 e. The van der Waals surface area contributed by atoms with Crippen LogP contribution in [-0.2, 0) is 14.8 Å². The second kappa shape index (κ2) is 8.79. The van der Waals surface area contributed by atoms with Crippen LogP contribution in [0.5, 0.6) is 0 Å². The molecule has 3 heterocycles. The summed E-state index contributed by atoms with van der Waals surface area (Å²) >= 11 is 0. The molecule has 0 radical (unpaired) electrons. The Balaban J connectivity index is 1.58. The average Bonchev–Trinajstić information content (AvgIpc) is 2.79. The molecule has 2 aliphatic rings. The lowest BCUT2D eigenvalue weighted by molar-refractivity contribution is 0.0301. The molecule has 2 aromatic rings. The zero-order valence-electron chi connectivity index (χ0n) is 16.5. The molecular weight excluding hydrogens is 409 g/mol. The van der Waals surface area contributed by atoms with E-state index in [0.717, 1.165) is 18.6 Å². The number of hydrogen-bond donors (Lipinski definition) is 0. The molecule has 0 spiro atoms. The van der Waals surface area contributed by atoms with Gasteiger partial charge in [0.05, 0.1) is 29.4 Å². The molecule has 1 atom stereocenters. The van der Waals surface area contributed by atoms with Crippen LogP contribution < -0.4 is 0 Å². The van der Waals surface area contributed by atoms with E-state index in [9.17, 15) is 17.6 Å². The number of nitrogens with zero attached hydrogens (tertiary/aromatic N) is 3. The first-order valence-electron chi connectivity index (χ1n) is 10.0. The summed E-state index contributed by atoms with van der Waals surface area (Å²) in [6.07, 6.45) is 3.04. The number of aromatic nitrogens is 1. The van der Waals surface area contributed by atoms with Crippen molar-refractivity contribution < 1.29 is 22.3 Å². The normalized spacial score (nSPS) is 20.8. The number of carbonyl (C=O) groups is 1. The molecule has 0 bridgehead atoms.